The molecule has 7 rings (SSSR count). The van der Waals surface area contributed by atoms with Gasteiger partial charge < -0.3 is 4.57 Å². The Balaban J connectivity index is 0.000000531. The number of nitrogens with zero attached hydrogens (tertiary/aromatic N) is 19. The van der Waals surface area contributed by atoms with Gasteiger partial charge in [-0.1, -0.05) is 192 Å². The summed E-state index contributed by atoms with van der Waals surface area (Å²) in [4.78, 5) is 14.9. The maximum atomic E-state index is 4.49. The maximum absolute atomic E-state index is 4.49. The first kappa shape index (κ1) is 83.0. The lowest BCUT2D eigenvalue weighted by Crippen LogP contribution is -2.30. The molecule has 7 aromatic heterocycles. The van der Waals surface area contributed by atoms with Gasteiger partial charge in [0.05, 0.1) is 51.1 Å². The average Bonchev–Trinajstić information content (AvgIpc) is 1.81. The monoisotopic (exact) mass is 1270 g/mol. The van der Waals surface area contributed by atoms with Crippen LogP contribution in [0.25, 0.3) is 0 Å². The van der Waals surface area contributed by atoms with Crippen molar-refractivity contribution in [1.82, 2.24) is 105 Å². The van der Waals surface area contributed by atoms with Crippen molar-refractivity contribution >= 4 is 0 Å². The van der Waals surface area contributed by atoms with Gasteiger partial charge in [-0.05, 0) is 104 Å². The predicted molar refractivity (Wildman–Crippen MR) is 376 cm³/mol. The molecule has 0 spiro atoms. The molecule has 0 radical (unpaired) electrons. The minimum atomic E-state index is -0.0243. The van der Waals surface area contributed by atoms with Gasteiger partial charge in [0.1, 0.15) is 36.5 Å². The van der Waals surface area contributed by atoms with Crippen LogP contribution in [0.1, 0.15) is 343 Å². The zero-order chi connectivity index (χ0) is 71.9. The van der Waals surface area contributed by atoms with Crippen LogP contribution in [0.2, 0.25) is 0 Å². The molecule has 0 saturated carbocycles. The zero-order valence-corrected chi connectivity index (χ0v) is 65.9. The van der Waals surface area contributed by atoms with Crippen molar-refractivity contribution < 1.29 is 0 Å². The van der Waals surface area contributed by atoms with Gasteiger partial charge in [-0.25, -0.2) is 29.0 Å². The SMILES string of the molecule is CC(C)(C)c1cn(C(C)(C)C)nn1.CC(C)(C)c1cnn(C(C)(C)C)n1.CC(C)(C)c1n[nH]c(C(C)(C)C)n1.CC(C)(C)c1n[nH]nc1C(C)(C)C.CC(C)(C)c1ncn(C(C)(C)C)n1.CC(C)(C)c1ncnn1C(C)(C)C.CC(C)(C)c1nncn1C(C)(C)C. The van der Waals surface area contributed by atoms with Crippen molar-refractivity contribution in [2.75, 3.05) is 0 Å². The predicted octanol–water partition coefficient (Wildman–Crippen LogP) is 16.5. The molecule has 0 atom stereocenters. The molecule has 0 aliphatic carbocycles. The minimum absolute atomic E-state index is 0.0130. The Hall–Kier alpha value is -6.02. The summed E-state index contributed by atoms with van der Waals surface area (Å²) in [6.45, 7) is 89.7. The standard InChI is InChI=1S/7C10H19N3/c1-9(2,3)8-12-11-7-13(8)10(4,5)6;1-9(2,3)8-11-7-13(12-8)10(4,5)6;1-9(2,3)8-11-7-12-13(8)10(4,5)6;1-9(2,3)7-11-8(13-12-7)10(4,5)6;1-9(2,3)8-7-13(12-11-8)10(4,5)6;1-9(2,3)8-7-11-13(12-8)10(4,5)6;1-9(2,3)7-8(10(4,5)6)12-13-11-7/h3*7H,1-6H3;1-6H3,(H,11,12,13);2*7H,1-6H3;1-6H3,(H,11,12,13). The van der Waals surface area contributed by atoms with Gasteiger partial charge in [0.15, 0.2) is 11.6 Å². The molecular formula is C70H133N21. The quantitative estimate of drug-likeness (QED) is 0.144. The van der Waals surface area contributed by atoms with Crippen molar-refractivity contribution in [3.05, 3.63) is 83.3 Å². The third-order valence-corrected chi connectivity index (χ3v) is 13.3. The molecule has 21 heteroatoms. The normalized spacial score (nSPS) is 13.4. The summed E-state index contributed by atoms with van der Waals surface area (Å²) in [6.07, 6.45) is 9.12. The molecule has 91 heavy (non-hydrogen) atoms. The van der Waals surface area contributed by atoms with Gasteiger partial charge in [-0.3, -0.25) is 5.10 Å². The highest BCUT2D eigenvalue weighted by Gasteiger charge is 2.31. The van der Waals surface area contributed by atoms with Gasteiger partial charge in [0.25, 0.3) is 0 Å². The van der Waals surface area contributed by atoms with Crippen LogP contribution in [0.3, 0.4) is 0 Å². The van der Waals surface area contributed by atoms with E-state index >= 15 is 0 Å². The zero-order valence-electron chi connectivity index (χ0n) is 65.9. The second kappa shape index (κ2) is 29.1. The number of hydrogen-bond donors (Lipinski definition) is 2. The molecule has 0 fully saturated rings. The van der Waals surface area contributed by atoms with Gasteiger partial charge in [0, 0.05) is 60.5 Å². The second-order valence-corrected chi connectivity index (χ2v) is 38.2. The molecule has 2 N–H and O–H groups in total. The van der Waals surface area contributed by atoms with E-state index in [4.69, 9.17) is 0 Å². The number of H-pyrrole nitrogens is 2. The van der Waals surface area contributed by atoms with E-state index in [-0.39, 0.29) is 76.4 Å². The molecule has 21 nitrogen and oxygen atoms in total. The van der Waals surface area contributed by atoms with Gasteiger partial charge in [-0.2, -0.15) is 45.7 Å². The molecule has 0 unspecified atom stereocenters. The van der Waals surface area contributed by atoms with E-state index in [0.717, 1.165) is 51.9 Å². The van der Waals surface area contributed by atoms with Crippen molar-refractivity contribution in [2.45, 2.75) is 367 Å². The molecule has 518 valence electrons. The Morgan fingerprint density at radius 1 is 0.363 bits per heavy atom. The number of nitrogens with one attached hydrogen (secondary N) is 2. The molecule has 0 aromatic carbocycles. The van der Waals surface area contributed by atoms with Crippen molar-refractivity contribution in [3.8, 4) is 0 Å². The fourth-order valence-corrected chi connectivity index (χ4v) is 7.49. The number of aromatic nitrogens is 21. The third kappa shape index (κ3) is 27.2. The Labute approximate surface area is 553 Å². The van der Waals surface area contributed by atoms with Crippen LogP contribution in [0.15, 0.2) is 31.4 Å². The summed E-state index contributed by atoms with van der Waals surface area (Å²) < 4.78 is 7.95. The summed E-state index contributed by atoms with van der Waals surface area (Å²) in [5, 5.41) is 52.2. The molecule has 0 aliphatic heterocycles. The van der Waals surface area contributed by atoms with Crippen LogP contribution in [0, 0.1) is 0 Å². The molecule has 0 bridgehead atoms. The van der Waals surface area contributed by atoms with E-state index in [9.17, 15) is 0 Å². The molecule has 7 aromatic rings. The lowest BCUT2D eigenvalue weighted by atomic mass is 9.82. The molecule has 0 amide bonds. The van der Waals surface area contributed by atoms with Crippen molar-refractivity contribution in [3.63, 3.8) is 0 Å². The lowest BCUT2D eigenvalue weighted by molar-refractivity contribution is 0.308. The Morgan fingerprint density at radius 3 is 1.08 bits per heavy atom. The molecule has 7 heterocycles. The van der Waals surface area contributed by atoms with Crippen LogP contribution >= 0.6 is 0 Å². The summed E-state index contributed by atoms with van der Waals surface area (Å²) in [6, 6.07) is 0. The fourth-order valence-electron chi connectivity index (χ4n) is 7.49. The fraction of sp³-hybridized carbons (Fsp3) is 0.800. The topological polar surface area (TPSA) is 237 Å². The summed E-state index contributed by atoms with van der Waals surface area (Å²) in [5.74, 6) is 4.83. The van der Waals surface area contributed by atoms with Crippen LogP contribution in [-0.2, 0) is 76.4 Å². The smallest absolute Gasteiger partial charge is 0.156 e. The van der Waals surface area contributed by atoms with Gasteiger partial charge in [0.2, 0.25) is 0 Å². The van der Waals surface area contributed by atoms with Crippen molar-refractivity contribution in [1.29, 1.82) is 0 Å². The molecular weight excluding hydrogens is 1130 g/mol. The van der Waals surface area contributed by atoms with Crippen LogP contribution in [-0.4, -0.2) is 105 Å². The van der Waals surface area contributed by atoms with Crippen LogP contribution < -0.4 is 0 Å². The van der Waals surface area contributed by atoms with E-state index in [1.807, 2.05) is 26.4 Å². The van der Waals surface area contributed by atoms with E-state index in [0.29, 0.717) is 0 Å². The first-order chi connectivity index (χ1) is 40.0. The molecule has 0 aliphatic rings. The first-order valence-corrected chi connectivity index (χ1v) is 32.5. The van der Waals surface area contributed by atoms with Gasteiger partial charge >= 0.3 is 0 Å². The number of aromatic amines is 2. The average molecular weight is 1270 g/mol. The minimum Gasteiger partial charge on any atom is -0.312 e. The highest BCUT2D eigenvalue weighted by molar-refractivity contribution is 5.24. The van der Waals surface area contributed by atoms with E-state index in [1.165, 1.54) is 0 Å². The summed E-state index contributed by atoms with van der Waals surface area (Å²) in [7, 11) is 0. The highest BCUT2D eigenvalue weighted by atomic mass is 15.5. The first-order valence-electron chi connectivity index (χ1n) is 32.5. The van der Waals surface area contributed by atoms with Crippen molar-refractivity contribution in [2.24, 2.45) is 0 Å². The lowest BCUT2D eigenvalue weighted by Gasteiger charge is -2.27. The Kier molecular flexibility index (Phi) is 26.5. The summed E-state index contributed by atoms with van der Waals surface area (Å²) in [5.41, 5.74) is 4.87. The third-order valence-electron chi connectivity index (χ3n) is 13.3. The number of hydrogen-bond acceptors (Lipinski definition) is 14. The van der Waals surface area contributed by atoms with E-state index in [1.54, 1.807) is 23.8 Å². The second-order valence-electron chi connectivity index (χ2n) is 38.2. The number of rotatable bonds is 0. The Bertz CT molecular complexity index is 2630. The highest BCUT2D eigenvalue weighted by Crippen LogP contribution is 2.31. The molecule has 0 saturated heterocycles. The van der Waals surface area contributed by atoms with Crippen LogP contribution in [0.4, 0.5) is 0 Å². The summed E-state index contributed by atoms with van der Waals surface area (Å²) >= 11 is 0. The van der Waals surface area contributed by atoms with Gasteiger partial charge in [-0.15, -0.1) is 15.3 Å². The maximum Gasteiger partial charge on any atom is 0.156 e. The van der Waals surface area contributed by atoms with Crippen LogP contribution in [0.5, 0.6) is 0 Å². The largest absolute Gasteiger partial charge is 0.312 e. The van der Waals surface area contributed by atoms with E-state index in [2.05, 4.69) is 377 Å². The van der Waals surface area contributed by atoms with E-state index < -0.39 is 0 Å². The Morgan fingerprint density at radius 2 is 0.824 bits per heavy atom.